The first-order valence-electron chi connectivity index (χ1n) is 8.13. The number of hydrogen-bond donors (Lipinski definition) is 1. The minimum atomic E-state index is -0.865. The van der Waals surface area contributed by atoms with E-state index in [2.05, 4.69) is 17.0 Å². The van der Waals surface area contributed by atoms with Crippen LogP contribution in [0.25, 0.3) is 0 Å². The molecule has 23 heavy (non-hydrogen) atoms. The van der Waals surface area contributed by atoms with Crippen molar-refractivity contribution in [3.05, 3.63) is 42.5 Å². The number of hydrogen-bond acceptors (Lipinski definition) is 3. The van der Waals surface area contributed by atoms with Crippen LogP contribution in [0, 0.1) is 11.8 Å². The lowest BCUT2D eigenvalue weighted by atomic mass is 9.82. The van der Waals surface area contributed by atoms with E-state index in [-0.39, 0.29) is 5.91 Å². The van der Waals surface area contributed by atoms with Gasteiger partial charge in [-0.2, -0.15) is 0 Å². The Balaban J connectivity index is 1.62. The third kappa shape index (κ3) is 3.38. The summed E-state index contributed by atoms with van der Waals surface area (Å²) in [6.45, 7) is 2.88. The van der Waals surface area contributed by atoms with Crippen molar-refractivity contribution in [2.24, 2.45) is 11.8 Å². The molecule has 1 amide bonds. The Kier molecular flexibility index (Phi) is 4.65. The van der Waals surface area contributed by atoms with Crippen molar-refractivity contribution in [1.29, 1.82) is 0 Å². The van der Waals surface area contributed by atoms with Crippen LogP contribution in [0.1, 0.15) is 12.8 Å². The lowest BCUT2D eigenvalue weighted by Gasteiger charge is -2.38. The van der Waals surface area contributed by atoms with Crippen LogP contribution in [-0.2, 0) is 9.59 Å². The zero-order chi connectivity index (χ0) is 16.2. The second-order valence-electron chi connectivity index (χ2n) is 6.14. The highest BCUT2D eigenvalue weighted by Gasteiger charge is 2.37. The summed E-state index contributed by atoms with van der Waals surface area (Å²) in [6, 6.07) is 10.2. The number of para-hydroxylation sites is 1. The van der Waals surface area contributed by atoms with Crippen LogP contribution in [-0.4, -0.2) is 48.1 Å². The molecule has 1 aromatic rings. The van der Waals surface area contributed by atoms with E-state index in [0.29, 0.717) is 25.9 Å². The number of benzene rings is 1. The van der Waals surface area contributed by atoms with Crippen LogP contribution in [0.5, 0.6) is 0 Å². The maximum atomic E-state index is 12.7. The number of aliphatic carboxylic acids is 1. The fourth-order valence-corrected chi connectivity index (χ4v) is 3.42. The van der Waals surface area contributed by atoms with E-state index < -0.39 is 17.8 Å². The van der Waals surface area contributed by atoms with E-state index in [1.165, 1.54) is 5.69 Å². The highest BCUT2D eigenvalue weighted by Crippen LogP contribution is 2.28. The van der Waals surface area contributed by atoms with Crippen LogP contribution in [0.2, 0.25) is 0 Å². The van der Waals surface area contributed by atoms with Gasteiger partial charge in [-0.15, -0.1) is 0 Å². The number of carboxylic acid groups (broad SMARTS) is 1. The number of carboxylic acids is 1. The zero-order valence-corrected chi connectivity index (χ0v) is 13.1. The monoisotopic (exact) mass is 314 g/mol. The van der Waals surface area contributed by atoms with Crippen molar-refractivity contribution in [3.63, 3.8) is 0 Å². The van der Waals surface area contributed by atoms with E-state index >= 15 is 0 Å². The molecule has 3 rings (SSSR count). The molecule has 0 saturated carbocycles. The Labute approximate surface area is 136 Å². The summed E-state index contributed by atoms with van der Waals surface area (Å²) in [5.41, 5.74) is 1.17. The van der Waals surface area contributed by atoms with Crippen molar-refractivity contribution >= 4 is 17.6 Å². The van der Waals surface area contributed by atoms with Crippen LogP contribution in [0.4, 0.5) is 5.69 Å². The van der Waals surface area contributed by atoms with Crippen molar-refractivity contribution in [3.8, 4) is 0 Å². The van der Waals surface area contributed by atoms with Gasteiger partial charge in [-0.3, -0.25) is 9.59 Å². The SMILES string of the molecule is O=C(O)[C@H]1CC=CC[C@H]1C(=O)N1CCN(c2ccccc2)CC1. The number of rotatable bonds is 3. The molecule has 2 aliphatic rings. The molecular formula is C18H22N2O3. The molecule has 1 fully saturated rings. The molecule has 122 valence electrons. The predicted molar refractivity (Wildman–Crippen MR) is 88.2 cm³/mol. The molecule has 1 N–H and O–H groups in total. The smallest absolute Gasteiger partial charge is 0.307 e. The van der Waals surface area contributed by atoms with Crippen LogP contribution < -0.4 is 4.90 Å². The minimum Gasteiger partial charge on any atom is -0.481 e. The molecule has 1 aliphatic carbocycles. The average Bonchev–Trinajstić information content (AvgIpc) is 2.62. The number of nitrogens with zero attached hydrogens (tertiary/aromatic N) is 2. The first-order chi connectivity index (χ1) is 11.2. The quantitative estimate of drug-likeness (QED) is 0.867. The summed E-state index contributed by atoms with van der Waals surface area (Å²) < 4.78 is 0. The van der Waals surface area contributed by atoms with Crippen molar-refractivity contribution < 1.29 is 14.7 Å². The topological polar surface area (TPSA) is 60.9 Å². The Morgan fingerprint density at radius 2 is 1.52 bits per heavy atom. The lowest BCUT2D eigenvalue weighted by molar-refractivity contribution is -0.150. The van der Waals surface area contributed by atoms with Crippen LogP contribution in [0.15, 0.2) is 42.5 Å². The maximum absolute atomic E-state index is 12.7. The molecule has 0 spiro atoms. The van der Waals surface area contributed by atoms with Crippen LogP contribution in [0.3, 0.4) is 0 Å². The highest BCUT2D eigenvalue weighted by atomic mass is 16.4. The van der Waals surface area contributed by atoms with Crippen molar-refractivity contribution in [2.75, 3.05) is 31.1 Å². The molecule has 1 heterocycles. The maximum Gasteiger partial charge on any atom is 0.307 e. The molecule has 5 heteroatoms. The largest absolute Gasteiger partial charge is 0.481 e. The predicted octanol–water partition coefficient (Wildman–Crippen LogP) is 2.00. The summed E-state index contributed by atoms with van der Waals surface area (Å²) in [5, 5.41) is 9.33. The summed E-state index contributed by atoms with van der Waals surface area (Å²) in [4.78, 5) is 28.2. The summed E-state index contributed by atoms with van der Waals surface area (Å²) in [7, 11) is 0. The third-order valence-electron chi connectivity index (χ3n) is 4.78. The van der Waals surface area contributed by atoms with Gasteiger partial charge in [0.15, 0.2) is 0 Å². The molecular weight excluding hydrogens is 292 g/mol. The standard InChI is InChI=1S/C18H22N2O3/c21-17(15-8-4-5-9-16(15)18(22)23)20-12-10-19(11-13-20)14-6-2-1-3-7-14/h1-7,15-16H,8-13H2,(H,22,23)/t15-,16+/m1/s1. The zero-order valence-electron chi connectivity index (χ0n) is 13.1. The summed E-state index contributed by atoms with van der Waals surface area (Å²) >= 11 is 0. The van der Waals surface area contributed by atoms with Gasteiger partial charge in [0.05, 0.1) is 11.8 Å². The van der Waals surface area contributed by atoms with Crippen LogP contribution >= 0.6 is 0 Å². The van der Waals surface area contributed by atoms with E-state index in [9.17, 15) is 14.7 Å². The van der Waals surface area contributed by atoms with Gasteiger partial charge in [-0.05, 0) is 25.0 Å². The number of amides is 1. The molecule has 1 saturated heterocycles. The van der Waals surface area contributed by atoms with Gasteiger partial charge >= 0.3 is 5.97 Å². The lowest BCUT2D eigenvalue weighted by Crippen LogP contribution is -2.52. The highest BCUT2D eigenvalue weighted by molar-refractivity contribution is 5.85. The average molecular weight is 314 g/mol. The second-order valence-corrected chi connectivity index (χ2v) is 6.14. The molecule has 0 radical (unpaired) electrons. The molecule has 2 atom stereocenters. The minimum absolute atomic E-state index is 0.00513. The Bertz CT molecular complexity index is 592. The second kappa shape index (κ2) is 6.86. The number of carbonyl (C=O) groups excluding carboxylic acids is 1. The van der Waals surface area contributed by atoms with Gasteiger partial charge in [0.2, 0.25) is 5.91 Å². The molecule has 1 aliphatic heterocycles. The van der Waals surface area contributed by atoms with E-state index in [1.807, 2.05) is 35.3 Å². The van der Waals surface area contributed by atoms with E-state index in [1.54, 1.807) is 0 Å². The number of allylic oxidation sites excluding steroid dienone is 2. The molecule has 5 nitrogen and oxygen atoms in total. The molecule has 0 aromatic heterocycles. The van der Waals surface area contributed by atoms with Gasteiger partial charge in [0, 0.05) is 31.9 Å². The summed E-state index contributed by atoms with van der Waals surface area (Å²) in [5.74, 6) is -1.87. The normalized spacial score (nSPS) is 24.5. The van der Waals surface area contributed by atoms with Gasteiger partial charge in [-0.1, -0.05) is 30.4 Å². The Hall–Kier alpha value is -2.30. The van der Waals surface area contributed by atoms with E-state index in [4.69, 9.17) is 0 Å². The Morgan fingerprint density at radius 1 is 0.913 bits per heavy atom. The van der Waals surface area contributed by atoms with E-state index in [0.717, 1.165) is 13.1 Å². The third-order valence-corrected chi connectivity index (χ3v) is 4.78. The van der Waals surface area contributed by atoms with Crippen molar-refractivity contribution in [1.82, 2.24) is 4.90 Å². The molecule has 1 aromatic carbocycles. The van der Waals surface area contributed by atoms with Crippen molar-refractivity contribution in [2.45, 2.75) is 12.8 Å². The fourth-order valence-electron chi connectivity index (χ4n) is 3.42. The summed E-state index contributed by atoms with van der Waals surface area (Å²) in [6.07, 6.45) is 4.79. The van der Waals surface area contributed by atoms with Gasteiger partial charge in [-0.25, -0.2) is 0 Å². The number of piperazine rings is 1. The molecule has 0 bridgehead atoms. The fraction of sp³-hybridized carbons (Fsp3) is 0.444. The first kappa shape index (κ1) is 15.6. The van der Waals surface area contributed by atoms with Gasteiger partial charge in [0.1, 0.15) is 0 Å². The first-order valence-corrected chi connectivity index (χ1v) is 8.13. The molecule has 0 unspecified atom stereocenters. The van der Waals surface area contributed by atoms with Gasteiger partial charge in [0.25, 0.3) is 0 Å². The Morgan fingerprint density at radius 3 is 2.13 bits per heavy atom. The van der Waals surface area contributed by atoms with Gasteiger partial charge < -0.3 is 14.9 Å². The number of carbonyl (C=O) groups is 2. The number of anilines is 1.